The minimum Gasteiger partial charge on any atom is -0.352 e. The fourth-order valence-corrected chi connectivity index (χ4v) is 6.49. The van der Waals surface area contributed by atoms with Crippen LogP contribution in [0, 0.1) is 0 Å². The predicted octanol–water partition coefficient (Wildman–Crippen LogP) is 5.69. The third-order valence-electron chi connectivity index (χ3n) is 6.56. The van der Waals surface area contributed by atoms with E-state index in [0.717, 1.165) is 38.6 Å². The standard InChI is InChI=1S/C27H22F3N5OS2/c28-27(29,30)19-4-2-17(3-5-19)23-12-20-24(38-23)25(34-15-33-20)35-9-8-31-21(14-35)26(36)32-13-16-1-6-22-18(11-16)7-10-37-22/h1-7,10-12,15,21,31H,8-9,13-14H2,(H,32,36)/t21-/m0/s1. The quantitative estimate of drug-likeness (QED) is 0.293. The number of thiophene rings is 2. The number of carbonyl (C=O) groups is 1. The Morgan fingerprint density at radius 1 is 1.11 bits per heavy atom. The van der Waals surface area contributed by atoms with Gasteiger partial charge in [0, 0.05) is 35.8 Å². The molecule has 1 fully saturated rings. The van der Waals surface area contributed by atoms with Crippen LogP contribution in [0.25, 0.3) is 30.7 Å². The van der Waals surface area contributed by atoms with E-state index in [1.807, 2.05) is 12.1 Å². The topological polar surface area (TPSA) is 70.2 Å². The van der Waals surface area contributed by atoms with Crippen molar-refractivity contribution in [2.75, 3.05) is 24.5 Å². The number of fused-ring (bicyclic) bond motifs is 2. The third-order valence-corrected chi connectivity index (χ3v) is 8.63. The van der Waals surface area contributed by atoms with Crippen LogP contribution in [0.1, 0.15) is 11.1 Å². The number of benzene rings is 2. The minimum atomic E-state index is -4.37. The summed E-state index contributed by atoms with van der Waals surface area (Å²) in [5.74, 6) is 0.641. The zero-order chi connectivity index (χ0) is 26.3. The van der Waals surface area contributed by atoms with Crippen molar-refractivity contribution in [3.05, 3.63) is 77.4 Å². The molecule has 0 bridgehead atoms. The molecule has 1 aliphatic heterocycles. The molecule has 0 aliphatic carbocycles. The Morgan fingerprint density at radius 3 is 2.76 bits per heavy atom. The monoisotopic (exact) mass is 553 g/mol. The Balaban J connectivity index is 1.17. The lowest BCUT2D eigenvalue weighted by molar-refractivity contribution is -0.137. The first kappa shape index (κ1) is 24.8. The maximum atomic E-state index is 13.0. The van der Waals surface area contributed by atoms with Crippen molar-refractivity contribution < 1.29 is 18.0 Å². The number of aromatic nitrogens is 2. The summed E-state index contributed by atoms with van der Waals surface area (Å²) in [4.78, 5) is 24.8. The van der Waals surface area contributed by atoms with Gasteiger partial charge in [-0.1, -0.05) is 18.2 Å². The van der Waals surface area contributed by atoms with Crippen LogP contribution in [-0.4, -0.2) is 41.6 Å². The number of amides is 1. The van der Waals surface area contributed by atoms with E-state index in [0.29, 0.717) is 31.7 Å². The van der Waals surface area contributed by atoms with E-state index in [1.165, 1.54) is 39.9 Å². The van der Waals surface area contributed by atoms with E-state index < -0.39 is 17.8 Å². The number of alkyl halides is 3. The lowest BCUT2D eigenvalue weighted by Crippen LogP contribution is -2.57. The Labute approximate surface area is 224 Å². The van der Waals surface area contributed by atoms with Crippen molar-refractivity contribution >= 4 is 54.7 Å². The van der Waals surface area contributed by atoms with Crippen molar-refractivity contribution in [2.24, 2.45) is 0 Å². The SMILES string of the molecule is O=C(NCc1ccc2sccc2c1)[C@@H]1CN(c2ncnc3cc(-c4ccc(C(F)(F)F)cc4)sc23)CCN1. The van der Waals surface area contributed by atoms with Gasteiger partial charge >= 0.3 is 6.18 Å². The first-order valence-corrected chi connectivity index (χ1v) is 13.7. The smallest absolute Gasteiger partial charge is 0.352 e. The molecule has 11 heteroatoms. The van der Waals surface area contributed by atoms with Gasteiger partial charge in [0.05, 0.1) is 15.8 Å². The molecule has 2 N–H and O–H groups in total. The molecule has 0 radical (unpaired) electrons. The average molecular weight is 554 g/mol. The van der Waals surface area contributed by atoms with Crippen LogP contribution in [0.3, 0.4) is 0 Å². The molecule has 1 aliphatic rings. The highest BCUT2D eigenvalue weighted by molar-refractivity contribution is 7.22. The second-order valence-electron chi connectivity index (χ2n) is 9.06. The molecular formula is C27H22F3N5OS2. The highest BCUT2D eigenvalue weighted by atomic mass is 32.1. The summed E-state index contributed by atoms with van der Waals surface area (Å²) < 4.78 is 40.9. The highest BCUT2D eigenvalue weighted by Crippen LogP contribution is 2.38. The maximum absolute atomic E-state index is 13.0. The van der Waals surface area contributed by atoms with Gasteiger partial charge < -0.3 is 15.5 Å². The van der Waals surface area contributed by atoms with E-state index in [2.05, 4.69) is 49.1 Å². The molecule has 2 aromatic carbocycles. The number of anilines is 1. The van der Waals surface area contributed by atoms with Crippen molar-refractivity contribution in [1.29, 1.82) is 0 Å². The maximum Gasteiger partial charge on any atom is 0.416 e. The average Bonchev–Trinajstić information content (AvgIpc) is 3.58. The van der Waals surface area contributed by atoms with Crippen molar-refractivity contribution in [1.82, 2.24) is 20.6 Å². The number of hydrogen-bond donors (Lipinski definition) is 2. The van der Waals surface area contributed by atoms with Crippen molar-refractivity contribution in [3.63, 3.8) is 0 Å². The van der Waals surface area contributed by atoms with E-state index in [1.54, 1.807) is 11.3 Å². The fraction of sp³-hybridized carbons (Fsp3) is 0.222. The van der Waals surface area contributed by atoms with Crippen LogP contribution in [0.2, 0.25) is 0 Å². The van der Waals surface area contributed by atoms with E-state index >= 15 is 0 Å². The van der Waals surface area contributed by atoms with Crippen LogP contribution in [0.4, 0.5) is 19.0 Å². The molecule has 1 atom stereocenters. The van der Waals surface area contributed by atoms with Gasteiger partial charge in [0.15, 0.2) is 0 Å². The van der Waals surface area contributed by atoms with Crippen LogP contribution < -0.4 is 15.5 Å². The molecule has 1 saturated heterocycles. The Kier molecular flexibility index (Phi) is 6.50. The van der Waals surface area contributed by atoms with Gasteiger partial charge in [-0.25, -0.2) is 9.97 Å². The van der Waals surface area contributed by atoms with E-state index in [-0.39, 0.29) is 5.91 Å². The summed E-state index contributed by atoms with van der Waals surface area (Å²) in [5.41, 5.74) is 1.77. The summed E-state index contributed by atoms with van der Waals surface area (Å²) in [6.07, 6.45) is -2.89. The molecule has 4 heterocycles. The second kappa shape index (κ2) is 9.97. The molecule has 0 spiro atoms. The number of carbonyl (C=O) groups excluding carboxylic acids is 1. The zero-order valence-corrected chi connectivity index (χ0v) is 21.6. The lowest BCUT2D eigenvalue weighted by Gasteiger charge is -2.33. The normalized spacial score (nSPS) is 16.3. The first-order valence-electron chi connectivity index (χ1n) is 12.0. The third kappa shape index (κ3) is 4.96. The summed E-state index contributed by atoms with van der Waals surface area (Å²) in [5, 5.41) is 9.56. The van der Waals surface area contributed by atoms with Crippen molar-refractivity contribution in [3.8, 4) is 10.4 Å². The molecule has 6 rings (SSSR count). The molecular weight excluding hydrogens is 531 g/mol. The first-order chi connectivity index (χ1) is 18.3. The molecule has 0 saturated carbocycles. The Bertz CT molecular complexity index is 1610. The van der Waals surface area contributed by atoms with Gasteiger partial charge in [-0.3, -0.25) is 4.79 Å². The van der Waals surface area contributed by atoms with Gasteiger partial charge in [-0.15, -0.1) is 22.7 Å². The number of nitrogens with one attached hydrogen (secondary N) is 2. The van der Waals surface area contributed by atoms with Gasteiger partial charge in [-0.05, 0) is 58.3 Å². The Hall–Kier alpha value is -3.54. The number of piperazine rings is 1. The predicted molar refractivity (Wildman–Crippen MR) is 146 cm³/mol. The summed E-state index contributed by atoms with van der Waals surface area (Å²) in [7, 11) is 0. The van der Waals surface area contributed by atoms with Crippen LogP contribution >= 0.6 is 22.7 Å². The Morgan fingerprint density at radius 2 is 1.95 bits per heavy atom. The molecule has 194 valence electrons. The van der Waals surface area contributed by atoms with Crippen molar-refractivity contribution in [2.45, 2.75) is 18.8 Å². The largest absolute Gasteiger partial charge is 0.416 e. The van der Waals surface area contributed by atoms with E-state index in [4.69, 9.17) is 0 Å². The minimum absolute atomic E-state index is 0.0814. The second-order valence-corrected chi connectivity index (χ2v) is 11.1. The number of halogens is 3. The van der Waals surface area contributed by atoms with Crippen LogP contribution in [0.15, 0.2) is 66.3 Å². The highest BCUT2D eigenvalue weighted by Gasteiger charge is 2.30. The molecule has 38 heavy (non-hydrogen) atoms. The molecule has 6 nitrogen and oxygen atoms in total. The van der Waals surface area contributed by atoms with Crippen LogP contribution in [-0.2, 0) is 17.5 Å². The number of rotatable bonds is 5. The molecule has 3 aromatic heterocycles. The van der Waals surface area contributed by atoms with Gasteiger partial charge in [-0.2, -0.15) is 13.2 Å². The van der Waals surface area contributed by atoms with Crippen LogP contribution in [0.5, 0.6) is 0 Å². The zero-order valence-electron chi connectivity index (χ0n) is 20.0. The van der Waals surface area contributed by atoms with Gasteiger partial charge in [0.25, 0.3) is 0 Å². The van der Waals surface area contributed by atoms with Gasteiger partial charge in [0.2, 0.25) is 5.91 Å². The summed E-state index contributed by atoms with van der Waals surface area (Å²) in [6, 6.07) is 14.8. The fourth-order valence-electron chi connectivity index (χ4n) is 4.59. The van der Waals surface area contributed by atoms with E-state index in [9.17, 15) is 18.0 Å². The van der Waals surface area contributed by atoms with Gasteiger partial charge in [0.1, 0.15) is 18.2 Å². The lowest BCUT2D eigenvalue weighted by atomic mass is 10.1. The molecule has 1 amide bonds. The summed E-state index contributed by atoms with van der Waals surface area (Å²) in [6.45, 7) is 2.16. The number of nitrogens with zero attached hydrogens (tertiary/aromatic N) is 3. The number of hydrogen-bond acceptors (Lipinski definition) is 7. The molecule has 5 aromatic rings. The molecule has 0 unspecified atom stereocenters. The summed E-state index contributed by atoms with van der Waals surface area (Å²) >= 11 is 3.12.